The van der Waals surface area contributed by atoms with E-state index in [0.717, 1.165) is 10.2 Å². The van der Waals surface area contributed by atoms with Gasteiger partial charge in [-0.1, -0.05) is 23.7 Å². The molecular weight excluding hydrogens is 477 g/mol. The third kappa shape index (κ3) is 3.79. The predicted molar refractivity (Wildman–Crippen MR) is 102 cm³/mol. The zero-order valence-corrected chi connectivity index (χ0v) is 17.0. The number of nitrogens with zero attached hydrogens (tertiary/aromatic N) is 6. The maximum absolute atomic E-state index is 13.3. The number of alkyl halides is 3. The van der Waals surface area contributed by atoms with Crippen molar-refractivity contribution in [3.05, 3.63) is 57.8 Å². The first-order valence-electron chi connectivity index (χ1n) is 8.10. The van der Waals surface area contributed by atoms with Gasteiger partial charge in [0.25, 0.3) is 5.82 Å². The number of aromatic nitrogens is 6. The molecule has 3 heterocycles. The fourth-order valence-corrected chi connectivity index (χ4v) is 3.37. The molecule has 12 heteroatoms. The molecule has 0 atom stereocenters. The van der Waals surface area contributed by atoms with Crippen LogP contribution in [0, 0.1) is 0 Å². The summed E-state index contributed by atoms with van der Waals surface area (Å²) in [6.07, 6.45) is -3.29. The van der Waals surface area contributed by atoms with Crippen LogP contribution in [-0.4, -0.2) is 36.2 Å². The van der Waals surface area contributed by atoms with E-state index in [-0.39, 0.29) is 23.2 Å². The van der Waals surface area contributed by atoms with E-state index in [9.17, 15) is 13.2 Å². The number of imidazole rings is 1. The largest absolute Gasteiger partial charge is 0.497 e. The van der Waals surface area contributed by atoms with Gasteiger partial charge in [0.15, 0.2) is 5.82 Å². The first kappa shape index (κ1) is 19.6. The Bertz CT molecular complexity index is 1190. The molecule has 0 bridgehead atoms. The van der Waals surface area contributed by atoms with Gasteiger partial charge in [0.1, 0.15) is 33.2 Å². The van der Waals surface area contributed by atoms with Crippen molar-refractivity contribution in [3.63, 3.8) is 0 Å². The van der Waals surface area contributed by atoms with Crippen LogP contribution in [0.5, 0.6) is 5.75 Å². The van der Waals surface area contributed by atoms with Gasteiger partial charge >= 0.3 is 6.18 Å². The topological polar surface area (TPSA) is 70.1 Å². The summed E-state index contributed by atoms with van der Waals surface area (Å²) in [5, 5.41) is 3.87. The number of hydrogen-bond acceptors (Lipinski definition) is 5. The molecule has 0 N–H and O–H groups in total. The van der Waals surface area contributed by atoms with Crippen molar-refractivity contribution in [1.82, 2.24) is 29.1 Å². The molecule has 4 rings (SSSR count). The van der Waals surface area contributed by atoms with E-state index in [0.29, 0.717) is 16.0 Å². The van der Waals surface area contributed by atoms with E-state index in [1.54, 1.807) is 28.7 Å². The molecule has 0 amide bonds. The maximum atomic E-state index is 13.3. The van der Waals surface area contributed by atoms with E-state index in [2.05, 4.69) is 36.0 Å². The number of ether oxygens (including phenoxy) is 1. The molecule has 150 valence electrons. The van der Waals surface area contributed by atoms with Crippen molar-refractivity contribution in [2.24, 2.45) is 0 Å². The van der Waals surface area contributed by atoms with Crippen LogP contribution in [0.4, 0.5) is 13.2 Å². The molecule has 0 radical (unpaired) electrons. The van der Waals surface area contributed by atoms with Gasteiger partial charge in [-0.3, -0.25) is 4.40 Å². The summed E-state index contributed by atoms with van der Waals surface area (Å²) in [5.41, 5.74) is 1.31. The molecule has 0 unspecified atom stereocenters. The van der Waals surface area contributed by atoms with Gasteiger partial charge in [-0.15, -0.1) is 5.10 Å². The molecule has 0 saturated carbocycles. The van der Waals surface area contributed by atoms with Crippen LogP contribution in [0.1, 0.15) is 11.4 Å². The van der Waals surface area contributed by atoms with Crippen LogP contribution in [0.25, 0.3) is 17.2 Å². The highest BCUT2D eigenvalue weighted by Crippen LogP contribution is 2.32. The molecule has 0 aliphatic rings. The fourth-order valence-electron chi connectivity index (χ4n) is 2.69. The molecule has 7 nitrogen and oxygen atoms in total. The summed E-state index contributed by atoms with van der Waals surface area (Å²) < 4.78 is 48.0. The third-order valence-corrected chi connectivity index (χ3v) is 5.02. The zero-order chi connectivity index (χ0) is 20.8. The number of benzene rings is 1. The molecule has 0 spiro atoms. The highest BCUT2D eigenvalue weighted by atomic mass is 79.9. The van der Waals surface area contributed by atoms with Crippen LogP contribution in [0.2, 0.25) is 5.15 Å². The average Bonchev–Trinajstić information content (AvgIpc) is 3.23. The Labute approximate surface area is 175 Å². The van der Waals surface area contributed by atoms with Crippen LogP contribution in [0.3, 0.4) is 0 Å². The highest BCUT2D eigenvalue weighted by molar-refractivity contribution is 9.10. The van der Waals surface area contributed by atoms with Crippen LogP contribution in [0.15, 0.2) is 41.3 Å². The molecule has 0 aliphatic carbocycles. The van der Waals surface area contributed by atoms with E-state index in [1.807, 2.05) is 0 Å². The minimum Gasteiger partial charge on any atom is -0.497 e. The predicted octanol–water partition coefficient (Wildman–Crippen LogP) is 4.48. The number of rotatable bonds is 4. The highest BCUT2D eigenvalue weighted by Gasteiger charge is 2.38. The van der Waals surface area contributed by atoms with Gasteiger partial charge in [-0.2, -0.15) is 13.2 Å². The molecule has 1 aromatic carbocycles. The second-order valence-electron chi connectivity index (χ2n) is 5.95. The first-order valence-corrected chi connectivity index (χ1v) is 9.28. The Balaban J connectivity index is 1.83. The molecule has 0 aliphatic heterocycles. The van der Waals surface area contributed by atoms with Crippen LogP contribution >= 0.6 is 27.5 Å². The van der Waals surface area contributed by atoms with E-state index >= 15 is 0 Å². The zero-order valence-electron chi connectivity index (χ0n) is 14.7. The minimum atomic E-state index is -4.70. The summed E-state index contributed by atoms with van der Waals surface area (Å²) in [6, 6.07) is 8.39. The van der Waals surface area contributed by atoms with Gasteiger partial charge in [-0.05, 0) is 33.6 Å². The molecule has 0 saturated heterocycles. The monoisotopic (exact) mass is 486 g/mol. The third-order valence-electron chi connectivity index (χ3n) is 4.05. The SMILES string of the molecule is COc1ccc(Cn2nc(C(F)(F)F)nc2-c2nc3cc(Cl)ncn3c2Br)cc1. The molecule has 4 aromatic rings. The quantitative estimate of drug-likeness (QED) is 0.397. The molecule has 29 heavy (non-hydrogen) atoms. The lowest BCUT2D eigenvalue weighted by atomic mass is 10.2. The normalized spacial score (nSPS) is 11.9. The number of methoxy groups -OCH3 is 1. The number of halogens is 5. The van der Waals surface area contributed by atoms with Crippen LogP contribution < -0.4 is 4.74 Å². The summed E-state index contributed by atoms with van der Waals surface area (Å²) in [6.45, 7) is 0.0573. The van der Waals surface area contributed by atoms with E-state index < -0.39 is 12.0 Å². The standard InChI is InChI=1S/C17H11BrClF3N6O/c1-29-10-4-2-9(3-5-10)7-28-15(25-16(26-28)17(20,21)22)13-14(18)27-8-23-11(19)6-12(27)24-13/h2-6,8H,7H2,1H3. The molecular formula is C17H11BrClF3N6O. The summed E-state index contributed by atoms with van der Waals surface area (Å²) in [7, 11) is 1.53. The van der Waals surface area contributed by atoms with Crippen molar-refractivity contribution in [2.45, 2.75) is 12.7 Å². The smallest absolute Gasteiger partial charge is 0.453 e. The Morgan fingerprint density at radius 3 is 2.55 bits per heavy atom. The number of fused-ring (bicyclic) bond motifs is 1. The van der Waals surface area contributed by atoms with Crippen molar-refractivity contribution in [2.75, 3.05) is 7.11 Å². The minimum absolute atomic E-state index is 0.0418. The van der Waals surface area contributed by atoms with Crippen molar-refractivity contribution < 1.29 is 17.9 Å². The lowest BCUT2D eigenvalue weighted by molar-refractivity contribution is -0.144. The Hall–Kier alpha value is -2.66. The van der Waals surface area contributed by atoms with E-state index in [4.69, 9.17) is 16.3 Å². The molecule has 0 fully saturated rings. The van der Waals surface area contributed by atoms with Gasteiger partial charge in [0, 0.05) is 6.07 Å². The Morgan fingerprint density at radius 2 is 1.90 bits per heavy atom. The summed E-state index contributed by atoms with van der Waals surface area (Å²) in [5.74, 6) is -0.656. The first-order chi connectivity index (χ1) is 13.8. The van der Waals surface area contributed by atoms with E-state index in [1.165, 1.54) is 19.5 Å². The van der Waals surface area contributed by atoms with Gasteiger partial charge in [0.2, 0.25) is 0 Å². The van der Waals surface area contributed by atoms with Gasteiger partial charge in [0.05, 0.1) is 13.7 Å². The van der Waals surface area contributed by atoms with Crippen molar-refractivity contribution in [3.8, 4) is 17.3 Å². The summed E-state index contributed by atoms with van der Waals surface area (Å²) >= 11 is 9.23. The lowest BCUT2D eigenvalue weighted by Crippen LogP contribution is -2.09. The van der Waals surface area contributed by atoms with Crippen molar-refractivity contribution >= 4 is 33.2 Å². The molecule has 3 aromatic heterocycles. The fraction of sp³-hybridized carbons (Fsp3) is 0.176. The number of hydrogen-bond donors (Lipinski definition) is 0. The lowest BCUT2D eigenvalue weighted by Gasteiger charge is -2.06. The maximum Gasteiger partial charge on any atom is 0.453 e. The Kier molecular flexibility index (Phi) is 4.95. The Morgan fingerprint density at radius 1 is 1.17 bits per heavy atom. The van der Waals surface area contributed by atoms with Crippen LogP contribution in [-0.2, 0) is 12.7 Å². The summed E-state index contributed by atoms with van der Waals surface area (Å²) in [4.78, 5) is 12.0. The second-order valence-corrected chi connectivity index (χ2v) is 7.09. The second kappa shape index (κ2) is 7.30. The van der Waals surface area contributed by atoms with Gasteiger partial charge in [-0.25, -0.2) is 19.6 Å². The van der Waals surface area contributed by atoms with Gasteiger partial charge < -0.3 is 4.74 Å². The van der Waals surface area contributed by atoms with Crippen molar-refractivity contribution in [1.29, 1.82) is 0 Å². The average molecular weight is 488 g/mol.